The Hall–Kier alpha value is -0.870. The third-order valence-electron chi connectivity index (χ3n) is 3.28. The first kappa shape index (κ1) is 12.6. The van der Waals surface area contributed by atoms with Gasteiger partial charge in [0.25, 0.3) is 0 Å². The van der Waals surface area contributed by atoms with Crippen LogP contribution in [0.2, 0.25) is 0 Å². The SMILES string of the molecule is O=C(Cc1cccs1)NCC[NH+]1CCCCC1. The van der Waals surface area contributed by atoms with Crippen LogP contribution in [0.25, 0.3) is 0 Å². The van der Waals surface area contributed by atoms with E-state index >= 15 is 0 Å². The number of hydrogen-bond donors (Lipinski definition) is 2. The zero-order valence-corrected chi connectivity index (χ0v) is 11.0. The number of quaternary nitrogens is 1. The summed E-state index contributed by atoms with van der Waals surface area (Å²) in [5.41, 5.74) is 0. The van der Waals surface area contributed by atoms with Crippen LogP contribution in [-0.4, -0.2) is 32.1 Å². The lowest BCUT2D eigenvalue weighted by atomic mass is 10.1. The lowest BCUT2D eigenvalue weighted by Gasteiger charge is -2.23. The molecule has 0 atom stereocenters. The molecule has 0 radical (unpaired) electrons. The minimum absolute atomic E-state index is 0.156. The molecule has 2 rings (SSSR count). The van der Waals surface area contributed by atoms with E-state index in [1.807, 2.05) is 17.5 Å². The summed E-state index contributed by atoms with van der Waals surface area (Å²) in [6.07, 6.45) is 4.61. The molecule has 0 aromatic carbocycles. The van der Waals surface area contributed by atoms with Crippen LogP contribution in [0.5, 0.6) is 0 Å². The summed E-state index contributed by atoms with van der Waals surface area (Å²) in [5, 5.41) is 5.03. The number of amides is 1. The Morgan fingerprint density at radius 1 is 1.35 bits per heavy atom. The molecule has 4 heteroatoms. The van der Waals surface area contributed by atoms with E-state index in [0.29, 0.717) is 6.42 Å². The second kappa shape index (κ2) is 6.77. The molecule has 2 N–H and O–H groups in total. The topological polar surface area (TPSA) is 33.5 Å². The summed E-state index contributed by atoms with van der Waals surface area (Å²) in [6.45, 7) is 4.46. The smallest absolute Gasteiger partial charge is 0.225 e. The van der Waals surface area contributed by atoms with Gasteiger partial charge in [-0.2, -0.15) is 0 Å². The van der Waals surface area contributed by atoms with E-state index in [-0.39, 0.29) is 5.91 Å². The minimum Gasteiger partial charge on any atom is -0.350 e. The molecular formula is C13H21N2OS+. The normalized spacial score (nSPS) is 16.9. The van der Waals surface area contributed by atoms with Gasteiger partial charge in [-0.05, 0) is 30.7 Å². The molecule has 1 aliphatic rings. The summed E-state index contributed by atoms with van der Waals surface area (Å²) in [5.74, 6) is 0.156. The summed E-state index contributed by atoms with van der Waals surface area (Å²) in [6, 6.07) is 4.01. The van der Waals surface area contributed by atoms with Crippen molar-refractivity contribution >= 4 is 17.2 Å². The van der Waals surface area contributed by atoms with E-state index in [1.165, 1.54) is 32.4 Å². The van der Waals surface area contributed by atoms with Gasteiger partial charge in [0.05, 0.1) is 32.6 Å². The van der Waals surface area contributed by atoms with Crippen LogP contribution in [0.15, 0.2) is 17.5 Å². The van der Waals surface area contributed by atoms with E-state index in [1.54, 1.807) is 16.2 Å². The maximum absolute atomic E-state index is 11.6. The quantitative estimate of drug-likeness (QED) is 0.786. The molecule has 0 spiro atoms. The monoisotopic (exact) mass is 253 g/mol. The number of thiophene rings is 1. The molecule has 3 nitrogen and oxygen atoms in total. The maximum Gasteiger partial charge on any atom is 0.225 e. The first-order chi connectivity index (χ1) is 8.34. The Kier molecular flexibility index (Phi) is 5.01. The summed E-state index contributed by atoms with van der Waals surface area (Å²) in [7, 11) is 0. The molecule has 1 fully saturated rings. The van der Waals surface area contributed by atoms with Gasteiger partial charge in [-0.3, -0.25) is 4.79 Å². The second-order valence-corrected chi connectivity index (χ2v) is 5.70. The fourth-order valence-corrected chi connectivity index (χ4v) is 3.02. The van der Waals surface area contributed by atoms with Gasteiger partial charge in [0.1, 0.15) is 0 Å². The zero-order valence-electron chi connectivity index (χ0n) is 10.2. The van der Waals surface area contributed by atoms with Crippen molar-refractivity contribution in [3.8, 4) is 0 Å². The number of piperidine rings is 1. The Balaban J connectivity index is 1.59. The third-order valence-corrected chi connectivity index (χ3v) is 4.15. The molecule has 17 heavy (non-hydrogen) atoms. The van der Waals surface area contributed by atoms with Crippen molar-refractivity contribution in [3.05, 3.63) is 22.4 Å². The van der Waals surface area contributed by atoms with Gasteiger partial charge in [-0.15, -0.1) is 11.3 Å². The Labute approximate surface area is 107 Å². The van der Waals surface area contributed by atoms with Crippen LogP contribution >= 0.6 is 11.3 Å². The molecule has 1 aromatic heterocycles. The van der Waals surface area contributed by atoms with Crippen molar-refractivity contribution in [2.24, 2.45) is 0 Å². The van der Waals surface area contributed by atoms with Gasteiger partial charge in [-0.25, -0.2) is 0 Å². The van der Waals surface area contributed by atoms with Crippen LogP contribution < -0.4 is 10.2 Å². The van der Waals surface area contributed by atoms with Crippen LogP contribution in [0, 0.1) is 0 Å². The van der Waals surface area contributed by atoms with E-state index in [4.69, 9.17) is 0 Å². The zero-order chi connectivity index (χ0) is 11.9. The molecule has 1 amide bonds. The molecule has 1 aromatic rings. The predicted octanol–water partition coefficient (Wildman–Crippen LogP) is 0.476. The van der Waals surface area contributed by atoms with E-state index in [9.17, 15) is 4.79 Å². The number of carbonyl (C=O) groups excluding carboxylic acids is 1. The van der Waals surface area contributed by atoms with Crippen molar-refractivity contribution in [1.82, 2.24) is 5.32 Å². The lowest BCUT2D eigenvalue weighted by molar-refractivity contribution is -0.903. The van der Waals surface area contributed by atoms with E-state index in [2.05, 4.69) is 5.32 Å². The Morgan fingerprint density at radius 2 is 2.18 bits per heavy atom. The highest BCUT2D eigenvalue weighted by Crippen LogP contribution is 2.08. The van der Waals surface area contributed by atoms with Crippen molar-refractivity contribution in [2.45, 2.75) is 25.7 Å². The molecule has 1 aliphatic heterocycles. The molecule has 0 saturated carbocycles. The highest BCUT2D eigenvalue weighted by atomic mass is 32.1. The molecule has 0 bridgehead atoms. The van der Waals surface area contributed by atoms with Crippen molar-refractivity contribution < 1.29 is 9.69 Å². The third kappa shape index (κ3) is 4.48. The van der Waals surface area contributed by atoms with Crippen molar-refractivity contribution in [3.63, 3.8) is 0 Å². The van der Waals surface area contributed by atoms with E-state index in [0.717, 1.165) is 18.0 Å². The van der Waals surface area contributed by atoms with Gasteiger partial charge in [0.15, 0.2) is 0 Å². The molecule has 1 saturated heterocycles. The van der Waals surface area contributed by atoms with Crippen molar-refractivity contribution in [1.29, 1.82) is 0 Å². The van der Waals surface area contributed by atoms with Crippen LogP contribution in [0.3, 0.4) is 0 Å². The maximum atomic E-state index is 11.6. The average molecular weight is 253 g/mol. The second-order valence-electron chi connectivity index (χ2n) is 4.67. The van der Waals surface area contributed by atoms with Crippen LogP contribution in [-0.2, 0) is 11.2 Å². The minimum atomic E-state index is 0.156. The molecule has 0 aliphatic carbocycles. The van der Waals surface area contributed by atoms with Crippen molar-refractivity contribution in [2.75, 3.05) is 26.2 Å². The number of nitrogens with one attached hydrogen (secondary N) is 2. The van der Waals surface area contributed by atoms with Gasteiger partial charge < -0.3 is 10.2 Å². The van der Waals surface area contributed by atoms with Gasteiger partial charge >= 0.3 is 0 Å². The summed E-state index contributed by atoms with van der Waals surface area (Å²) < 4.78 is 0. The molecule has 2 heterocycles. The number of hydrogen-bond acceptors (Lipinski definition) is 2. The van der Waals surface area contributed by atoms with Gasteiger partial charge in [0.2, 0.25) is 5.91 Å². The first-order valence-electron chi connectivity index (χ1n) is 6.47. The Morgan fingerprint density at radius 3 is 2.88 bits per heavy atom. The average Bonchev–Trinajstić information content (AvgIpc) is 2.83. The fraction of sp³-hybridized carbons (Fsp3) is 0.615. The number of carbonyl (C=O) groups is 1. The highest BCUT2D eigenvalue weighted by Gasteiger charge is 2.13. The molecule has 0 unspecified atom stereocenters. The van der Waals surface area contributed by atoms with Gasteiger partial charge in [0, 0.05) is 4.88 Å². The molecular weight excluding hydrogens is 232 g/mol. The summed E-state index contributed by atoms with van der Waals surface area (Å²) >= 11 is 1.65. The van der Waals surface area contributed by atoms with Gasteiger partial charge in [-0.1, -0.05) is 6.07 Å². The predicted molar refractivity (Wildman–Crippen MR) is 70.4 cm³/mol. The van der Waals surface area contributed by atoms with Crippen LogP contribution in [0.1, 0.15) is 24.1 Å². The van der Waals surface area contributed by atoms with E-state index < -0.39 is 0 Å². The largest absolute Gasteiger partial charge is 0.350 e. The fourth-order valence-electron chi connectivity index (χ4n) is 2.31. The Bertz CT molecular complexity index is 331. The first-order valence-corrected chi connectivity index (χ1v) is 7.35. The van der Waals surface area contributed by atoms with Crippen LogP contribution in [0.4, 0.5) is 0 Å². The lowest BCUT2D eigenvalue weighted by Crippen LogP contribution is -3.13. The number of rotatable bonds is 5. The summed E-state index contributed by atoms with van der Waals surface area (Å²) in [4.78, 5) is 14.4. The highest BCUT2D eigenvalue weighted by molar-refractivity contribution is 7.10. The molecule has 94 valence electrons. The number of likely N-dealkylation sites (tertiary alicyclic amines) is 1. The standard InChI is InChI=1S/C13H20N2OS/c16-13(11-12-5-4-10-17-12)14-6-9-15-7-2-1-3-8-15/h4-5,10H,1-3,6-9,11H2,(H,14,16)/p+1.